The van der Waals surface area contributed by atoms with Crippen molar-refractivity contribution in [3.63, 3.8) is 0 Å². The standard InChI is InChI=1S/C2H3NOS2/c5-2-4-1-3-6-2/h1-2,5H. The van der Waals surface area contributed by atoms with Gasteiger partial charge in [-0.2, -0.15) is 4.40 Å². The highest BCUT2D eigenvalue weighted by molar-refractivity contribution is 8.09. The predicted molar refractivity (Wildman–Crippen MR) is 29.9 cm³/mol. The van der Waals surface area contributed by atoms with Crippen LogP contribution >= 0.6 is 24.6 Å². The molecule has 0 bridgehead atoms. The zero-order chi connectivity index (χ0) is 4.41. The van der Waals surface area contributed by atoms with Gasteiger partial charge in [-0.15, -0.1) is 12.6 Å². The Morgan fingerprint density at radius 3 is 3.00 bits per heavy atom. The van der Waals surface area contributed by atoms with Crippen LogP contribution in [0.15, 0.2) is 4.40 Å². The second kappa shape index (κ2) is 1.75. The predicted octanol–water partition coefficient (Wildman–Crippen LogP) is 0.907. The first-order chi connectivity index (χ1) is 2.89. The highest BCUT2D eigenvalue weighted by Gasteiger charge is 2.04. The van der Waals surface area contributed by atoms with Gasteiger partial charge in [-0.3, -0.25) is 0 Å². The molecular weight excluding hydrogens is 118 g/mol. The summed E-state index contributed by atoms with van der Waals surface area (Å²) >= 11 is 5.22. The van der Waals surface area contributed by atoms with E-state index in [9.17, 15) is 0 Å². The molecule has 0 N–H and O–H groups in total. The van der Waals surface area contributed by atoms with Crippen molar-refractivity contribution in [2.24, 2.45) is 4.40 Å². The first-order valence-electron chi connectivity index (χ1n) is 1.41. The Hall–Kier alpha value is 0.170. The van der Waals surface area contributed by atoms with Gasteiger partial charge in [-0.25, -0.2) is 0 Å². The minimum atomic E-state index is -0.0648. The fraction of sp³-hybridized carbons (Fsp3) is 0.500. The van der Waals surface area contributed by atoms with E-state index >= 15 is 0 Å². The minimum absolute atomic E-state index is 0.0648. The Bertz CT molecular complexity index is 65.9. The molecule has 0 aromatic carbocycles. The maximum absolute atomic E-state index is 4.69. The van der Waals surface area contributed by atoms with Crippen LogP contribution in [0, 0.1) is 0 Å². The Balaban J connectivity index is 2.32. The zero-order valence-corrected chi connectivity index (χ0v) is 4.58. The molecule has 4 heteroatoms. The lowest BCUT2D eigenvalue weighted by Gasteiger charge is -1.91. The summed E-state index contributed by atoms with van der Waals surface area (Å²) in [5, 5.41) is 0. The van der Waals surface area contributed by atoms with Gasteiger partial charge in [0.25, 0.3) is 0 Å². The fourth-order valence-corrected chi connectivity index (χ4v) is 0.699. The van der Waals surface area contributed by atoms with Gasteiger partial charge in [0.1, 0.15) is 0 Å². The molecule has 0 aromatic heterocycles. The lowest BCUT2D eigenvalue weighted by molar-refractivity contribution is 0.382. The molecule has 0 saturated carbocycles. The second-order valence-corrected chi connectivity index (χ2v) is 2.43. The van der Waals surface area contributed by atoms with Crippen LogP contribution in [0.1, 0.15) is 0 Å². The van der Waals surface area contributed by atoms with Gasteiger partial charge in [-0.05, 0) is 0 Å². The third-order valence-electron chi connectivity index (χ3n) is 0.371. The maximum atomic E-state index is 4.69. The molecule has 0 spiro atoms. The first-order valence-corrected chi connectivity index (χ1v) is 2.76. The molecule has 0 aliphatic carbocycles. The van der Waals surface area contributed by atoms with Crippen LogP contribution in [0.5, 0.6) is 0 Å². The Labute approximate surface area is 45.5 Å². The molecule has 1 rings (SSSR count). The topological polar surface area (TPSA) is 21.6 Å². The van der Waals surface area contributed by atoms with E-state index in [2.05, 4.69) is 21.8 Å². The van der Waals surface area contributed by atoms with Gasteiger partial charge in [0.05, 0.1) is 0 Å². The summed E-state index contributed by atoms with van der Waals surface area (Å²) in [6.07, 6.45) is 1.39. The van der Waals surface area contributed by atoms with E-state index < -0.39 is 0 Å². The van der Waals surface area contributed by atoms with Crippen LogP contribution in [0.4, 0.5) is 0 Å². The molecule has 0 fully saturated rings. The zero-order valence-electron chi connectivity index (χ0n) is 2.87. The molecular formula is C2H3NOS2. The molecule has 0 amide bonds. The quantitative estimate of drug-likeness (QED) is 0.380. The molecule has 1 unspecified atom stereocenters. The Morgan fingerprint density at radius 2 is 2.83 bits per heavy atom. The van der Waals surface area contributed by atoms with Crippen molar-refractivity contribution >= 4 is 31.0 Å². The molecule has 34 valence electrons. The third-order valence-corrected chi connectivity index (χ3v) is 1.28. The Kier molecular flexibility index (Phi) is 1.26. The van der Waals surface area contributed by atoms with E-state index in [4.69, 9.17) is 0 Å². The highest BCUT2D eigenvalue weighted by atomic mass is 32.2. The number of hydrogen-bond donors (Lipinski definition) is 1. The van der Waals surface area contributed by atoms with Crippen molar-refractivity contribution in [2.75, 3.05) is 0 Å². The van der Waals surface area contributed by atoms with E-state index in [0.717, 1.165) is 0 Å². The normalized spacial score (nSPS) is 30.5. The first kappa shape index (κ1) is 4.33. The van der Waals surface area contributed by atoms with Crippen LogP contribution in [0.25, 0.3) is 0 Å². The van der Waals surface area contributed by atoms with Crippen molar-refractivity contribution in [2.45, 2.75) is 4.77 Å². The van der Waals surface area contributed by atoms with Crippen LogP contribution in [-0.4, -0.2) is 11.2 Å². The van der Waals surface area contributed by atoms with Crippen LogP contribution in [-0.2, 0) is 4.74 Å². The van der Waals surface area contributed by atoms with E-state index in [0.29, 0.717) is 0 Å². The van der Waals surface area contributed by atoms with E-state index in [1.54, 1.807) is 0 Å². The molecule has 1 atom stereocenters. The lowest BCUT2D eigenvalue weighted by Crippen LogP contribution is -1.86. The molecule has 0 radical (unpaired) electrons. The average Bonchev–Trinajstić information content (AvgIpc) is 1.86. The van der Waals surface area contributed by atoms with E-state index in [1.807, 2.05) is 0 Å². The smallest absolute Gasteiger partial charge is 0.210 e. The molecule has 2 nitrogen and oxygen atoms in total. The summed E-state index contributed by atoms with van der Waals surface area (Å²) in [6.45, 7) is 0. The van der Waals surface area contributed by atoms with Crippen molar-refractivity contribution in [1.82, 2.24) is 0 Å². The van der Waals surface area contributed by atoms with Gasteiger partial charge in [-0.1, -0.05) is 0 Å². The molecule has 0 saturated heterocycles. The van der Waals surface area contributed by atoms with Crippen molar-refractivity contribution < 1.29 is 4.74 Å². The minimum Gasteiger partial charge on any atom is -0.457 e. The summed E-state index contributed by atoms with van der Waals surface area (Å²) in [6, 6.07) is 0. The fourth-order valence-electron chi connectivity index (χ4n) is 0.179. The third kappa shape index (κ3) is 0.815. The maximum Gasteiger partial charge on any atom is 0.210 e. The van der Waals surface area contributed by atoms with Gasteiger partial charge >= 0.3 is 0 Å². The van der Waals surface area contributed by atoms with Crippen molar-refractivity contribution in [1.29, 1.82) is 0 Å². The van der Waals surface area contributed by atoms with Crippen LogP contribution in [0.3, 0.4) is 0 Å². The highest BCUT2D eigenvalue weighted by Crippen LogP contribution is 2.20. The number of thiol groups is 1. The van der Waals surface area contributed by atoms with Gasteiger partial charge in [0.15, 0.2) is 6.40 Å². The summed E-state index contributed by atoms with van der Waals surface area (Å²) in [5.41, 5.74) is 0. The van der Waals surface area contributed by atoms with Crippen molar-refractivity contribution in [3.05, 3.63) is 0 Å². The average molecular weight is 121 g/mol. The van der Waals surface area contributed by atoms with Crippen LogP contribution < -0.4 is 0 Å². The second-order valence-electron chi connectivity index (χ2n) is 0.759. The van der Waals surface area contributed by atoms with Gasteiger partial charge in [0, 0.05) is 11.9 Å². The monoisotopic (exact) mass is 121 g/mol. The SMILES string of the molecule is SC1OC=NS1. The number of nitrogens with zero attached hydrogens (tertiary/aromatic N) is 1. The molecule has 1 aliphatic rings. The van der Waals surface area contributed by atoms with Crippen molar-refractivity contribution in [3.8, 4) is 0 Å². The summed E-state index contributed by atoms with van der Waals surface area (Å²) in [7, 11) is 0. The molecule has 1 heterocycles. The van der Waals surface area contributed by atoms with E-state index in [-0.39, 0.29) is 4.77 Å². The molecule has 1 aliphatic heterocycles. The van der Waals surface area contributed by atoms with Gasteiger partial charge < -0.3 is 4.74 Å². The molecule has 0 aromatic rings. The number of ether oxygens (including phenoxy) is 1. The summed E-state index contributed by atoms with van der Waals surface area (Å²) < 4.78 is 8.28. The van der Waals surface area contributed by atoms with Gasteiger partial charge in [0.2, 0.25) is 4.77 Å². The lowest BCUT2D eigenvalue weighted by atomic mass is 11.4. The number of rotatable bonds is 0. The largest absolute Gasteiger partial charge is 0.457 e. The van der Waals surface area contributed by atoms with Crippen LogP contribution in [0.2, 0.25) is 0 Å². The number of hydrogen-bond acceptors (Lipinski definition) is 4. The molecule has 6 heavy (non-hydrogen) atoms. The Morgan fingerprint density at radius 1 is 2.00 bits per heavy atom. The van der Waals surface area contributed by atoms with E-state index in [1.165, 1.54) is 18.3 Å². The summed E-state index contributed by atoms with van der Waals surface area (Å²) in [5.74, 6) is 0. The summed E-state index contributed by atoms with van der Waals surface area (Å²) in [4.78, 5) is 0.